The first-order valence-electron chi connectivity index (χ1n) is 8.47. The number of hydrogen-bond donors (Lipinski definition) is 0. The van der Waals surface area contributed by atoms with Crippen molar-refractivity contribution in [3.8, 4) is 11.4 Å². The van der Waals surface area contributed by atoms with Gasteiger partial charge in [0.1, 0.15) is 11.4 Å². The summed E-state index contributed by atoms with van der Waals surface area (Å²) >= 11 is 0. The van der Waals surface area contributed by atoms with Crippen molar-refractivity contribution in [3.05, 3.63) is 41.6 Å². The monoisotopic (exact) mass is 324 g/mol. The SMILES string of the molecule is Cc1cccc(-c2ncc(C(=O)N3CCCCC3)c(N(C)C)n2)c1. The van der Waals surface area contributed by atoms with E-state index in [9.17, 15) is 4.79 Å². The molecule has 0 saturated carbocycles. The second-order valence-corrected chi connectivity index (χ2v) is 6.55. The van der Waals surface area contributed by atoms with Gasteiger partial charge in [0, 0.05) is 38.9 Å². The third-order valence-corrected chi connectivity index (χ3v) is 4.34. The van der Waals surface area contributed by atoms with Crippen molar-refractivity contribution < 1.29 is 4.79 Å². The molecule has 1 aromatic carbocycles. The lowest BCUT2D eigenvalue weighted by Crippen LogP contribution is -2.36. The summed E-state index contributed by atoms with van der Waals surface area (Å²) < 4.78 is 0. The van der Waals surface area contributed by atoms with Gasteiger partial charge in [-0.25, -0.2) is 9.97 Å². The molecular formula is C19H24N4O. The lowest BCUT2D eigenvalue weighted by Gasteiger charge is -2.28. The summed E-state index contributed by atoms with van der Waals surface area (Å²) in [6.45, 7) is 3.70. The maximum Gasteiger partial charge on any atom is 0.259 e. The van der Waals surface area contributed by atoms with Gasteiger partial charge < -0.3 is 9.80 Å². The molecule has 1 aliphatic rings. The Balaban J connectivity index is 1.97. The number of carbonyl (C=O) groups excluding carboxylic acids is 1. The Morgan fingerprint density at radius 2 is 1.92 bits per heavy atom. The number of benzene rings is 1. The summed E-state index contributed by atoms with van der Waals surface area (Å²) in [5.74, 6) is 1.36. The van der Waals surface area contributed by atoms with Gasteiger partial charge in [-0.15, -0.1) is 0 Å². The lowest BCUT2D eigenvalue weighted by atomic mass is 10.1. The Bertz CT molecular complexity index is 736. The van der Waals surface area contributed by atoms with Gasteiger partial charge in [-0.1, -0.05) is 23.8 Å². The second-order valence-electron chi connectivity index (χ2n) is 6.55. The van der Waals surface area contributed by atoms with Crippen LogP contribution in [0.5, 0.6) is 0 Å². The summed E-state index contributed by atoms with van der Waals surface area (Å²) in [4.78, 5) is 25.8. The zero-order chi connectivity index (χ0) is 17.1. The zero-order valence-electron chi connectivity index (χ0n) is 14.6. The minimum absolute atomic E-state index is 0.0363. The van der Waals surface area contributed by atoms with Gasteiger partial charge in [0.2, 0.25) is 0 Å². The van der Waals surface area contributed by atoms with Crippen molar-refractivity contribution in [1.29, 1.82) is 0 Å². The van der Waals surface area contributed by atoms with Crippen LogP contribution >= 0.6 is 0 Å². The minimum Gasteiger partial charge on any atom is -0.362 e. The Hall–Kier alpha value is -2.43. The minimum atomic E-state index is 0.0363. The Morgan fingerprint density at radius 1 is 1.17 bits per heavy atom. The van der Waals surface area contributed by atoms with Crippen LogP contribution < -0.4 is 4.90 Å². The van der Waals surface area contributed by atoms with Gasteiger partial charge in [-0.3, -0.25) is 4.79 Å². The van der Waals surface area contributed by atoms with Gasteiger partial charge in [-0.05, 0) is 32.3 Å². The Labute approximate surface area is 143 Å². The lowest BCUT2D eigenvalue weighted by molar-refractivity contribution is 0.0724. The number of hydrogen-bond acceptors (Lipinski definition) is 4. The van der Waals surface area contributed by atoms with Gasteiger partial charge in [0.05, 0.1) is 0 Å². The maximum atomic E-state index is 12.8. The summed E-state index contributed by atoms with van der Waals surface area (Å²) in [6.07, 6.45) is 5.03. The van der Waals surface area contributed by atoms with E-state index < -0.39 is 0 Å². The van der Waals surface area contributed by atoms with Crippen LogP contribution in [0.1, 0.15) is 35.2 Å². The predicted octanol–water partition coefficient (Wildman–Crippen LogP) is 3.14. The van der Waals surface area contributed by atoms with E-state index >= 15 is 0 Å². The molecule has 2 aromatic rings. The highest BCUT2D eigenvalue weighted by Crippen LogP contribution is 2.24. The van der Waals surface area contributed by atoms with Crippen molar-refractivity contribution in [2.75, 3.05) is 32.1 Å². The van der Waals surface area contributed by atoms with Crippen molar-refractivity contribution in [1.82, 2.24) is 14.9 Å². The average molecular weight is 324 g/mol. The fourth-order valence-corrected chi connectivity index (χ4v) is 3.06. The van der Waals surface area contributed by atoms with Crippen molar-refractivity contribution in [3.63, 3.8) is 0 Å². The number of piperidine rings is 1. The normalized spacial score (nSPS) is 14.5. The largest absolute Gasteiger partial charge is 0.362 e. The first kappa shape index (κ1) is 16.4. The van der Waals surface area contributed by atoms with E-state index in [1.54, 1.807) is 6.20 Å². The number of rotatable bonds is 3. The molecule has 24 heavy (non-hydrogen) atoms. The van der Waals surface area contributed by atoms with Gasteiger partial charge in [-0.2, -0.15) is 0 Å². The van der Waals surface area contributed by atoms with Gasteiger partial charge in [0.25, 0.3) is 5.91 Å². The highest BCUT2D eigenvalue weighted by Gasteiger charge is 2.23. The third kappa shape index (κ3) is 3.40. The molecule has 0 radical (unpaired) electrons. The molecular weight excluding hydrogens is 300 g/mol. The summed E-state index contributed by atoms with van der Waals surface area (Å²) in [5, 5.41) is 0. The smallest absolute Gasteiger partial charge is 0.259 e. The van der Waals surface area contributed by atoms with Crippen molar-refractivity contribution in [2.45, 2.75) is 26.2 Å². The summed E-state index contributed by atoms with van der Waals surface area (Å²) in [7, 11) is 3.82. The molecule has 1 aliphatic heterocycles. The molecule has 5 nitrogen and oxygen atoms in total. The molecule has 0 aliphatic carbocycles. The molecule has 1 aromatic heterocycles. The molecule has 1 saturated heterocycles. The number of aryl methyl sites for hydroxylation is 1. The number of likely N-dealkylation sites (tertiary alicyclic amines) is 1. The number of aromatic nitrogens is 2. The van der Waals surface area contributed by atoms with E-state index in [1.807, 2.05) is 49.0 Å². The van der Waals surface area contributed by atoms with Crippen LogP contribution in [0.4, 0.5) is 5.82 Å². The van der Waals surface area contributed by atoms with Crippen LogP contribution in [-0.2, 0) is 0 Å². The molecule has 3 rings (SSSR count). The maximum absolute atomic E-state index is 12.8. The molecule has 0 unspecified atom stereocenters. The first-order valence-corrected chi connectivity index (χ1v) is 8.47. The van der Waals surface area contributed by atoms with E-state index in [0.717, 1.165) is 37.1 Å². The highest BCUT2D eigenvalue weighted by molar-refractivity contribution is 5.98. The standard InChI is InChI=1S/C19H24N4O/c1-14-8-7-9-15(12-14)17-20-13-16(18(21-17)22(2)3)19(24)23-10-5-4-6-11-23/h7-9,12-13H,4-6,10-11H2,1-3H3. The van der Waals surface area contributed by atoms with Gasteiger partial charge in [0.15, 0.2) is 5.82 Å². The molecule has 5 heteroatoms. The molecule has 0 spiro atoms. The van der Waals surface area contributed by atoms with Crippen LogP contribution in [0, 0.1) is 6.92 Å². The van der Waals surface area contributed by atoms with Crippen LogP contribution in [0.2, 0.25) is 0 Å². The highest BCUT2D eigenvalue weighted by atomic mass is 16.2. The molecule has 0 N–H and O–H groups in total. The summed E-state index contributed by atoms with van der Waals surface area (Å²) in [5.41, 5.74) is 2.71. The number of nitrogens with zero attached hydrogens (tertiary/aromatic N) is 4. The van der Waals surface area contributed by atoms with Gasteiger partial charge >= 0.3 is 0 Å². The van der Waals surface area contributed by atoms with E-state index in [2.05, 4.69) is 16.0 Å². The van der Waals surface area contributed by atoms with Crippen molar-refractivity contribution >= 4 is 11.7 Å². The molecule has 1 fully saturated rings. The number of anilines is 1. The van der Waals surface area contributed by atoms with E-state index in [1.165, 1.54) is 6.42 Å². The molecule has 0 atom stereocenters. The van der Waals surface area contributed by atoms with Crippen LogP contribution in [0.3, 0.4) is 0 Å². The number of amides is 1. The molecule has 2 heterocycles. The average Bonchev–Trinajstić information content (AvgIpc) is 2.61. The Kier molecular flexibility index (Phi) is 4.79. The summed E-state index contributed by atoms with van der Waals surface area (Å²) in [6, 6.07) is 8.09. The van der Waals surface area contributed by atoms with Crippen LogP contribution in [0.15, 0.2) is 30.5 Å². The third-order valence-electron chi connectivity index (χ3n) is 4.34. The predicted molar refractivity (Wildman–Crippen MR) is 96.3 cm³/mol. The van der Waals surface area contributed by atoms with E-state index in [4.69, 9.17) is 0 Å². The second kappa shape index (κ2) is 6.99. The van der Waals surface area contributed by atoms with E-state index in [-0.39, 0.29) is 5.91 Å². The Morgan fingerprint density at radius 3 is 2.58 bits per heavy atom. The fraction of sp³-hybridized carbons (Fsp3) is 0.421. The van der Waals surface area contributed by atoms with E-state index in [0.29, 0.717) is 17.2 Å². The number of carbonyl (C=O) groups is 1. The van der Waals surface area contributed by atoms with Crippen LogP contribution in [-0.4, -0.2) is 48.0 Å². The molecule has 1 amide bonds. The zero-order valence-corrected chi connectivity index (χ0v) is 14.6. The van der Waals surface area contributed by atoms with Crippen molar-refractivity contribution in [2.24, 2.45) is 0 Å². The first-order chi connectivity index (χ1) is 11.6. The molecule has 126 valence electrons. The topological polar surface area (TPSA) is 49.3 Å². The van der Waals surface area contributed by atoms with Crippen LogP contribution in [0.25, 0.3) is 11.4 Å². The molecule has 0 bridgehead atoms. The fourth-order valence-electron chi connectivity index (χ4n) is 3.06. The quantitative estimate of drug-likeness (QED) is 0.870.